The predicted octanol–water partition coefficient (Wildman–Crippen LogP) is 2.38. The van der Waals surface area contributed by atoms with Gasteiger partial charge in [-0.05, 0) is 53.9 Å². The smallest absolute Gasteiger partial charge is 0.305 e. The van der Waals surface area contributed by atoms with Gasteiger partial charge in [0, 0.05) is 19.0 Å². The summed E-state index contributed by atoms with van der Waals surface area (Å²) < 4.78 is 4.92. The summed E-state index contributed by atoms with van der Waals surface area (Å²) in [5.41, 5.74) is 0. The van der Waals surface area contributed by atoms with E-state index in [2.05, 4.69) is 37.7 Å². The van der Waals surface area contributed by atoms with Crippen LogP contribution in [-0.2, 0) is 9.53 Å². The van der Waals surface area contributed by atoms with Crippen molar-refractivity contribution in [1.29, 1.82) is 0 Å². The Morgan fingerprint density at radius 2 is 1.84 bits per heavy atom. The molecule has 0 aromatic carbocycles. The lowest BCUT2D eigenvalue weighted by Crippen LogP contribution is -2.40. The molecule has 0 N–H and O–H groups in total. The van der Waals surface area contributed by atoms with Crippen LogP contribution >= 0.6 is 0 Å². The molecule has 0 radical (unpaired) electrons. The van der Waals surface area contributed by atoms with Gasteiger partial charge >= 0.3 is 5.97 Å². The monoisotopic (exact) mass is 272 g/mol. The van der Waals surface area contributed by atoms with Gasteiger partial charge in [-0.25, -0.2) is 0 Å². The van der Waals surface area contributed by atoms with Gasteiger partial charge in [0.15, 0.2) is 0 Å². The van der Waals surface area contributed by atoms with Gasteiger partial charge in [-0.1, -0.05) is 13.3 Å². The normalized spacial score (nSPS) is 13.0. The van der Waals surface area contributed by atoms with Crippen molar-refractivity contribution in [3.8, 4) is 0 Å². The largest absolute Gasteiger partial charge is 0.466 e. The molecule has 0 heterocycles. The molecule has 0 spiro atoms. The summed E-state index contributed by atoms with van der Waals surface area (Å²) in [6.45, 7) is 10.1. The minimum absolute atomic E-state index is 0.0594. The molecule has 0 aromatic rings. The molecule has 114 valence electrons. The summed E-state index contributed by atoms with van der Waals surface area (Å²) >= 11 is 0. The van der Waals surface area contributed by atoms with Gasteiger partial charge in [-0.15, -0.1) is 0 Å². The van der Waals surface area contributed by atoms with Gasteiger partial charge in [-0.2, -0.15) is 0 Å². The molecule has 0 amide bonds. The first-order chi connectivity index (χ1) is 9.01. The maximum atomic E-state index is 11.2. The average Bonchev–Trinajstić information content (AvgIpc) is 2.33. The summed E-state index contributed by atoms with van der Waals surface area (Å²) in [6.07, 6.45) is 3.76. The second-order valence-electron chi connectivity index (χ2n) is 5.36. The topological polar surface area (TPSA) is 32.8 Å². The highest BCUT2D eigenvalue weighted by molar-refractivity contribution is 5.69. The summed E-state index contributed by atoms with van der Waals surface area (Å²) in [5, 5.41) is 0. The fourth-order valence-corrected chi connectivity index (χ4v) is 2.33. The Morgan fingerprint density at radius 3 is 2.37 bits per heavy atom. The number of unbranched alkanes of at least 4 members (excludes halogenated alkanes) is 2. The van der Waals surface area contributed by atoms with E-state index < -0.39 is 0 Å². The zero-order valence-corrected chi connectivity index (χ0v) is 13.4. The Labute approximate surface area is 119 Å². The van der Waals surface area contributed by atoms with Crippen molar-refractivity contribution >= 4 is 5.97 Å². The van der Waals surface area contributed by atoms with Crippen LogP contribution in [0.5, 0.6) is 0 Å². The lowest BCUT2D eigenvalue weighted by atomic mass is 10.1. The lowest BCUT2D eigenvalue weighted by Gasteiger charge is -2.29. The molecule has 0 saturated carbocycles. The van der Waals surface area contributed by atoms with Crippen LogP contribution in [0.25, 0.3) is 0 Å². The molecule has 0 bridgehead atoms. The van der Waals surface area contributed by atoms with E-state index in [0.717, 1.165) is 38.9 Å². The highest BCUT2D eigenvalue weighted by atomic mass is 16.5. The minimum Gasteiger partial charge on any atom is -0.466 e. The van der Waals surface area contributed by atoms with E-state index >= 15 is 0 Å². The van der Waals surface area contributed by atoms with Crippen molar-refractivity contribution in [2.75, 3.05) is 40.3 Å². The van der Waals surface area contributed by atoms with Crippen molar-refractivity contribution in [1.82, 2.24) is 9.80 Å². The third kappa shape index (κ3) is 9.91. The number of carbonyl (C=O) groups is 1. The van der Waals surface area contributed by atoms with Crippen LogP contribution in [0.15, 0.2) is 0 Å². The molecule has 1 unspecified atom stereocenters. The molecule has 0 aliphatic carbocycles. The van der Waals surface area contributed by atoms with Crippen molar-refractivity contribution in [2.45, 2.75) is 52.5 Å². The number of carbonyl (C=O) groups excluding carboxylic acids is 1. The van der Waals surface area contributed by atoms with E-state index in [4.69, 9.17) is 4.74 Å². The number of esters is 1. The third-order valence-corrected chi connectivity index (χ3v) is 3.29. The fraction of sp³-hybridized carbons (Fsp3) is 0.933. The molecule has 4 nitrogen and oxygen atoms in total. The first-order valence-electron chi connectivity index (χ1n) is 7.55. The second kappa shape index (κ2) is 11.2. The first kappa shape index (κ1) is 18.4. The standard InChI is InChI=1S/C15H32N2O2/c1-6-17(14(3)13-16(4)5)12-10-8-9-11-15(18)19-7-2/h14H,6-13H2,1-5H3. The van der Waals surface area contributed by atoms with E-state index in [1.807, 2.05) is 6.92 Å². The Morgan fingerprint density at radius 1 is 1.16 bits per heavy atom. The third-order valence-electron chi connectivity index (χ3n) is 3.29. The fourth-order valence-electron chi connectivity index (χ4n) is 2.33. The van der Waals surface area contributed by atoms with Crippen molar-refractivity contribution in [3.05, 3.63) is 0 Å². The molecule has 19 heavy (non-hydrogen) atoms. The van der Waals surface area contributed by atoms with E-state index in [0.29, 0.717) is 19.1 Å². The van der Waals surface area contributed by atoms with Crippen LogP contribution in [0, 0.1) is 0 Å². The van der Waals surface area contributed by atoms with Gasteiger partial charge in [0.05, 0.1) is 6.61 Å². The van der Waals surface area contributed by atoms with Crippen LogP contribution in [0.4, 0.5) is 0 Å². The summed E-state index contributed by atoms with van der Waals surface area (Å²) in [5.74, 6) is -0.0594. The Kier molecular flexibility index (Phi) is 10.9. The van der Waals surface area contributed by atoms with Crippen LogP contribution in [0.2, 0.25) is 0 Å². The number of rotatable bonds is 11. The molecule has 0 saturated heterocycles. The van der Waals surface area contributed by atoms with Crippen molar-refractivity contribution < 1.29 is 9.53 Å². The first-order valence-corrected chi connectivity index (χ1v) is 7.55. The van der Waals surface area contributed by atoms with Crippen molar-refractivity contribution in [2.24, 2.45) is 0 Å². The summed E-state index contributed by atoms with van der Waals surface area (Å²) in [7, 11) is 4.23. The maximum absolute atomic E-state index is 11.2. The quantitative estimate of drug-likeness (QED) is 0.427. The number of nitrogens with zero attached hydrogens (tertiary/aromatic N) is 2. The Bertz CT molecular complexity index is 232. The number of ether oxygens (including phenoxy) is 1. The second-order valence-corrected chi connectivity index (χ2v) is 5.36. The lowest BCUT2D eigenvalue weighted by molar-refractivity contribution is -0.143. The van der Waals surface area contributed by atoms with Gasteiger partial charge in [0.2, 0.25) is 0 Å². The number of hydrogen-bond donors (Lipinski definition) is 0. The highest BCUT2D eigenvalue weighted by Gasteiger charge is 2.12. The van der Waals surface area contributed by atoms with E-state index in [-0.39, 0.29) is 5.97 Å². The molecule has 1 atom stereocenters. The maximum Gasteiger partial charge on any atom is 0.305 e. The highest BCUT2D eigenvalue weighted by Crippen LogP contribution is 2.06. The van der Waals surface area contributed by atoms with E-state index in [1.54, 1.807) is 0 Å². The molecule has 4 heteroatoms. The zero-order valence-electron chi connectivity index (χ0n) is 13.4. The molecule has 0 rings (SSSR count). The Balaban J connectivity index is 3.69. The summed E-state index contributed by atoms with van der Waals surface area (Å²) in [6, 6.07) is 0.588. The van der Waals surface area contributed by atoms with E-state index in [1.165, 1.54) is 0 Å². The van der Waals surface area contributed by atoms with Crippen LogP contribution in [0.3, 0.4) is 0 Å². The zero-order chi connectivity index (χ0) is 14.7. The van der Waals surface area contributed by atoms with Gasteiger partial charge < -0.3 is 9.64 Å². The van der Waals surface area contributed by atoms with Gasteiger partial charge in [0.25, 0.3) is 0 Å². The van der Waals surface area contributed by atoms with Crippen molar-refractivity contribution in [3.63, 3.8) is 0 Å². The van der Waals surface area contributed by atoms with E-state index in [9.17, 15) is 4.79 Å². The molecule has 0 aliphatic rings. The summed E-state index contributed by atoms with van der Waals surface area (Å²) in [4.78, 5) is 15.9. The number of hydrogen-bond acceptors (Lipinski definition) is 4. The molecular formula is C15H32N2O2. The predicted molar refractivity (Wildman–Crippen MR) is 80.4 cm³/mol. The van der Waals surface area contributed by atoms with Gasteiger partial charge in [-0.3, -0.25) is 9.69 Å². The molecule has 0 aliphatic heterocycles. The average molecular weight is 272 g/mol. The SMILES string of the molecule is CCOC(=O)CCCCCN(CC)C(C)CN(C)C. The van der Waals surface area contributed by atoms with Gasteiger partial charge in [0.1, 0.15) is 0 Å². The number of likely N-dealkylation sites (N-methyl/N-ethyl adjacent to an activating group) is 2. The molecule has 0 aromatic heterocycles. The van der Waals surface area contributed by atoms with Crippen LogP contribution in [0.1, 0.15) is 46.5 Å². The molecule has 0 fully saturated rings. The molecular weight excluding hydrogens is 240 g/mol. The van der Waals surface area contributed by atoms with Crippen LogP contribution < -0.4 is 0 Å². The van der Waals surface area contributed by atoms with Crippen LogP contribution in [-0.4, -0.2) is 62.1 Å². The Hall–Kier alpha value is -0.610. The minimum atomic E-state index is -0.0594.